The number of anilines is 1. The molecule has 2 atom stereocenters. The zero-order valence-electron chi connectivity index (χ0n) is 11.5. The van der Waals surface area contributed by atoms with Crippen LogP contribution in [-0.2, 0) is 9.53 Å². The molecular weight excluding hydrogens is 320 g/mol. The summed E-state index contributed by atoms with van der Waals surface area (Å²) in [7, 11) is 0. The van der Waals surface area contributed by atoms with E-state index in [0.717, 1.165) is 35.8 Å². The second-order valence-electron chi connectivity index (χ2n) is 5.21. The Morgan fingerprint density at radius 3 is 2.95 bits per heavy atom. The van der Waals surface area contributed by atoms with E-state index in [1.165, 1.54) is 6.42 Å². The van der Waals surface area contributed by atoms with Gasteiger partial charge in [-0.25, -0.2) is 0 Å². The molecule has 1 fully saturated rings. The number of carbonyl (C=O) groups excluding carboxylic acids is 1. The monoisotopic (exact) mass is 340 g/mol. The third-order valence-electron chi connectivity index (χ3n) is 3.54. The van der Waals surface area contributed by atoms with E-state index in [1.54, 1.807) is 0 Å². The van der Waals surface area contributed by atoms with Gasteiger partial charge in [-0.1, -0.05) is 41.3 Å². The van der Waals surface area contributed by atoms with Crippen LogP contribution in [0.5, 0.6) is 0 Å². The summed E-state index contributed by atoms with van der Waals surface area (Å²) in [6.45, 7) is 0.0604. The van der Waals surface area contributed by atoms with E-state index in [9.17, 15) is 4.79 Å². The van der Waals surface area contributed by atoms with E-state index in [0.29, 0.717) is 0 Å². The van der Waals surface area contributed by atoms with Gasteiger partial charge >= 0.3 is 0 Å². The topological polar surface area (TPSA) is 64.3 Å². The Kier molecular flexibility index (Phi) is 6.01. The number of halogens is 1. The number of ether oxygens (including phenoxy) is 1. The van der Waals surface area contributed by atoms with Crippen LogP contribution in [0.4, 0.5) is 5.69 Å². The molecule has 4 nitrogen and oxygen atoms in total. The van der Waals surface area contributed by atoms with Crippen molar-refractivity contribution in [1.82, 2.24) is 0 Å². The molecule has 0 saturated heterocycles. The van der Waals surface area contributed by atoms with Gasteiger partial charge < -0.3 is 15.8 Å². The summed E-state index contributed by atoms with van der Waals surface area (Å²) in [5, 5.41) is 2.82. The minimum Gasteiger partial charge on any atom is -0.367 e. The van der Waals surface area contributed by atoms with Crippen molar-refractivity contribution in [3.8, 4) is 0 Å². The molecule has 20 heavy (non-hydrogen) atoms. The average molecular weight is 341 g/mol. The zero-order chi connectivity index (χ0) is 14.4. The fourth-order valence-electron chi connectivity index (χ4n) is 2.46. The maximum Gasteiger partial charge on any atom is 0.250 e. The second kappa shape index (κ2) is 7.76. The predicted molar refractivity (Wildman–Crippen MR) is 83.6 cm³/mol. The summed E-state index contributed by atoms with van der Waals surface area (Å²) in [5.74, 6) is -0.139. The minimum absolute atomic E-state index is 0.00533. The molecule has 1 aliphatic carbocycles. The van der Waals surface area contributed by atoms with Gasteiger partial charge in [-0.15, -0.1) is 0 Å². The van der Waals surface area contributed by atoms with E-state index in [4.69, 9.17) is 10.5 Å². The molecule has 3 N–H and O–H groups in total. The van der Waals surface area contributed by atoms with Crippen molar-refractivity contribution in [2.24, 2.45) is 5.73 Å². The van der Waals surface area contributed by atoms with E-state index >= 15 is 0 Å². The number of hydrogen-bond donors (Lipinski definition) is 2. The van der Waals surface area contributed by atoms with Crippen LogP contribution in [0, 0.1) is 0 Å². The lowest BCUT2D eigenvalue weighted by Gasteiger charge is -2.21. The van der Waals surface area contributed by atoms with Crippen molar-refractivity contribution in [2.45, 2.75) is 44.2 Å². The van der Waals surface area contributed by atoms with Crippen LogP contribution in [0.15, 0.2) is 28.7 Å². The molecule has 1 aromatic carbocycles. The van der Waals surface area contributed by atoms with Crippen LogP contribution in [-0.4, -0.2) is 24.7 Å². The molecule has 2 unspecified atom stereocenters. The number of hydrogen-bond acceptors (Lipinski definition) is 3. The van der Waals surface area contributed by atoms with Crippen molar-refractivity contribution in [1.29, 1.82) is 0 Å². The van der Waals surface area contributed by atoms with Crippen LogP contribution in [0.1, 0.15) is 32.1 Å². The van der Waals surface area contributed by atoms with Crippen LogP contribution >= 0.6 is 15.9 Å². The zero-order valence-corrected chi connectivity index (χ0v) is 13.1. The number of amides is 1. The summed E-state index contributed by atoms with van der Waals surface area (Å²) in [4.78, 5) is 11.9. The Balaban J connectivity index is 1.79. The molecule has 2 rings (SSSR count). The molecule has 0 bridgehead atoms. The first-order valence-electron chi connectivity index (χ1n) is 7.08. The largest absolute Gasteiger partial charge is 0.367 e. The lowest BCUT2D eigenvalue weighted by Crippen LogP contribution is -2.37. The summed E-state index contributed by atoms with van der Waals surface area (Å²) < 4.78 is 6.62. The predicted octanol–water partition coefficient (Wildman–Crippen LogP) is 3.06. The maximum atomic E-state index is 11.9. The van der Waals surface area contributed by atoms with Gasteiger partial charge in [0.2, 0.25) is 5.91 Å². The van der Waals surface area contributed by atoms with Gasteiger partial charge in [-0.05, 0) is 31.0 Å². The summed E-state index contributed by atoms with van der Waals surface area (Å²) in [6.07, 6.45) is 5.43. The molecule has 5 heteroatoms. The third kappa shape index (κ3) is 4.89. The van der Waals surface area contributed by atoms with Gasteiger partial charge in [0, 0.05) is 16.2 Å². The van der Waals surface area contributed by atoms with Gasteiger partial charge in [0.15, 0.2) is 0 Å². The smallest absolute Gasteiger partial charge is 0.250 e. The Labute approximate surface area is 128 Å². The van der Waals surface area contributed by atoms with E-state index in [2.05, 4.69) is 21.2 Å². The standard InChI is InChI=1S/C15H21BrN2O2/c16-11-5-4-6-12(9-11)18-15(19)10-20-14-8-3-1-2-7-13(14)17/h4-6,9,13-14H,1-3,7-8,10,17H2,(H,18,19). The molecule has 0 aromatic heterocycles. The van der Waals surface area contributed by atoms with Crippen molar-refractivity contribution in [3.63, 3.8) is 0 Å². The van der Waals surface area contributed by atoms with Crippen molar-refractivity contribution in [3.05, 3.63) is 28.7 Å². The van der Waals surface area contributed by atoms with Crippen molar-refractivity contribution < 1.29 is 9.53 Å². The van der Waals surface area contributed by atoms with Gasteiger partial charge in [0.1, 0.15) is 6.61 Å². The summed E-state index contributed by atoms with van der Waals surface area (Å²) in [6, 6.07) is 7.55. The molecule has 1 amide bonds. The molecule has 0 spiro atoms. The normalized spacial score (nSPS) is 23.1. The van der Waals surface area contributed by atoms with Crippen molar-refractivity contribution >= 4 is 27.5 Å². The van der Waals surface area contributed by atoms with Gasteiger partial charge in [-0.3, -0.25) is 4.79 Å². The number of nitrogens with two attached hydrogens (primary N) is 1. The first-order valence-corrected chi connectivity index (χ1v) is 7.87. The minimum atomic E-state index is -0.139. The summed E-state index contributed by atoms with van der Waals surface area (Å²) >= 11 is 3.37. The Morgan fingerprint density at radius 1 is 1.35 bits per heavy atom. The van der Waals surface area contributed by atoms with Crippen LogP contribution in [0.3, 0.4) is 0 Å². The number of carbonyl (C=O) groups is 1. The molecule has 0 aliphatic heterocycles. The molecular formula is C15H21BrN2O2. The molecule has 1 aromatic rings. The number of benzene rings is 1. The molecule has 1 saturated carbocycles. The van der Waals surface area contributed by atoms with E-state index in [-0.39, 0.29) is 24.7 Å². The second-order valence-corrected chi connectivity index (χ2v) is 6.13. The Morgan fingerprint density at radius 2 is 2.15 bits per heavy atom. The highest BCUT2D eigenvalue weighted by Gasteiger charge is 2.21. The fourth-order valence-corrected chi connectivity index (χ4v) is 2.85. The fraction of sp³-hybridized carbons (Fsp3) is 0.533. The first kappa shape index (κ1) is 15.5. The highest BCUT2D eigenvalue weighted by atomic mass is 79.9. The van der Waals surface area contributed by atoms with Crippen LogP contribution in [0.2, 0.25) is 0 Å². The maximum absolute atomic E-state index is 11.9. The van der Waals surface area contributed by atoms with E-state index < -0.39 is 0 Å². The first-order chi connectivity index (χ1) is 9.65. The van der Waals surface area contributed by atoms with Gasteiger partial charge in [0.05, 0.1) is 6.10 Å². The van der Waals surface area contributed by atoms with Gasteiger partial charge in [-0.2, -0.15) is 0 Å². The lowest BCUT2D eigenvalue weighted by molar-refractivity contribution is -0.123. The molecule has 0 radical (unpaired) electrons. The lowest BCUT2D eigenvalue weighted by atomic mass is 10.1. The number of nitrogens with one attached hydrogen (secondary N) is 1. The average Bonchev–Trinajstić information content (AvgIpc) is 2.61. The van der Waals surface area contributed by atoms with Crippen LogP contribution < -0.4 is 11.1 Å². The van der Waals surface area contributed by atoms with E-state index in [1.807, 2.05) is 24.3 Å². The molecule has 110 valence electrons. The highest BCUT2D eigenvalue weighted by molar-refractivity contribution is 9.10. The van der Waals surface area contributed by atoms with Crippen molar-refractivity contribution in [2.75, 3.05) is 11.9 Å². The third-order valence-corrected chi connectivity index (χ3v) is 4.03. The number of rotatable bonds is 4. The quantitative estimate of drug-likeness (QED) is 0.828. The summed E-state index contributed by atoms with van der Waals surface area (Å²) in [5.41, 5.74) is 6.84. The van der Waals surface area contributed by atoms with Gasteiger partial charge in [0.25, 0.3) is 0 Å². The highest BCUT2D eigenvalue weighted by Crippen LogP contribution is 2.19. The molecule has 1 aliphatic rings. The molecule has 0 heterocycles. The Hall–Kier alpha value is -0.910. The Bertz CT molecular complexity index is 453. The van der Waals surface area contributed by atoms with Crippen LogP contribution in [0.25, 0.3) is 0 Å². The SMILES string of the molecule is NC1CCCCCC1OCC(=O)Nc1cccc(Br)c1.